The van der Waals surface area contributed by atoms with Crippen LogP contribution < -0.4 is 9.80 Å². The maximum Gasteiger partial charge on any atom is 0.296 e. The number of hydrogen-bond acceptors (Lipinski definition) is 10. The highest BCUT2D eigenvalue weighted by Gasteiger charge is 2.32. The molecule has 5 rings (SSSR count). The summed E-state index contributed by atoms with van der Waals surface area (Å²) in [4.78, 5) is 24.7. The van der Waals surface area contributed by atoms with E-state index in [1.807, 2.05) is 19.0 Å². The number of fused-ring (bicyclic) bond motifs is 1. The fraction of sp³-hybridized carbons (Fsp3) is 0.615. The average Bonchev–Trinajstić information content (AvgIpc) is 3.35. The number of alkyl halides is 2. The topological polar surface area (TPSA) is 113 Å². The van der Waals surface area contributed by atoms with Crippen molar-refractivity contribution < 1.29 is 21.9 Å². The summed E-state index contributed by atoms with van der Waals surface area (Å²) in [6.07, 6.45) is 0.387. The van der Waals surface area contributed by atoms with Crippen LogP contribution in [0.2, 0.25) is 0 Å². The fourth-order valence-corrected chi connectivity index (χ4v) is 6.24. The normalized spacial score (nSPS) is 17.7. The van der Waals surface area contributed by atoms with E-state index in [1.54, 1.807) is 24.3 Å². The van der Waals surface area contributed by atoms with Crippen LogP contribution >= 0.6 is 0 Å². The fourth-order valence-electron chi connectivity index (χ4n) is 5.37. The third-order valence-electron chi connectivity index (χ3n) is 7.47. The van der Waals surface area contributed by atoms with Crippen molar-refractivity contribution in [2.24, 2.45) is 0 Å². The highest BCUT2D eigenvalue weighted by Crippen LogP contribution is 2.30. The van der Waals surface area contributed by atoms with Crippen molar-refractivity contribution in [1.82, 2.24) is 33.7 Å². The van der Waals surface area contributed by atoms with Crippen LogP contribution in [0.15, 0.2) is 24.3 Å². The SMILES string of the molecule is CN(C)CCCN(c1nc(N2CCOCC2)nc(-n2c(C(F)F)nc3ccccc32)n1)C1CCN(S(C)(=O)=O)CC1. The zero-order chi connectivity index (χ0) is 29.1. The molecule has 2 fully saturated rings. The average molecular weight is 594 g/mol. The maximum absolute atomic E-state index is 14.3. The van der Waals surface area contributed by atoms with Gasteiger partial charge in [-0.1, -0.05) is 12.1 Å². The molecule has 15 heteroatoms. The number of anilines is 2. The predicted octanol–water partition coefficient (Wildman–Crippen LogP) is 2.17. The lowest BCUT2D eigenvalue weighted by atomic mass is 10.0. The third kappa shape index (κ3) is 6.74. The van der Waals surface area contributed by atoms with Gasteiger partial charge < -0.3 is 19.4 Å². The number of morpholine rings is 1. The van der Waals surface area contributed by atoms with Crippen LogP contribution in [0.3, 0.4) is 0 Å². The number of aromatic nitrogens is 5. The first-order valence-electron chi connectivity index (χ1n) is 13.8. The molecule has 224 valence electrons. The van der Waals surface area contributed by atoms with E-state index in [4.69, 9.17) is 14.7 Å². The van der Waals surface area contributed by atoms with E-state index in [0.29, 0.717) is 81.7 Å². The molecule has 0 aliphatic carbocycles. The molecule has 2 saturated heterocycles. The summed E-state index contributed by atoms with van der Waals surface area (Å²) in [6, 6.07) is 6.90. The molecule has 0 amide bonds. The van der Waals surface area contributed by atoms with Crippen LogP contribution in [0.25, 0.3) is 17.0 Å². The van der Waals surface area contributed by atoms with E-state index in [9.17, 15) is 17.2 Å². The van der Waals surface area contributed by atoms with E-state index in [1.165, 1.54) is 15.1 Å². The zero-order valence-corrected chi connectivity index (χ0v) is 24.5. The van der Waals surface area contributed by atoms with Crippen LogP contribution in [0.5, 0.6) is 0 Å². The van der Waals surface area contributed by atoms with Crippen LogP contribution in [0.1, 0.15) is 31.5 Å². The second-order valence-electron chi connectivity index (χ2n) is 10.7. The monoisotopic (exact) mass is 593 g/mol. The Morgan fingerprint density at radius 1 is 0.976 bits per heavy atom. The summed E-state index contributed by atoms with van der Waals surface area (Å²) < 4.78 is 61.2. The number of benzene rings is 1. The number of halogens is 2. The van der Waals surface area contributed by atoms with E-state index >= 15 is 0 Å². The molecule has 0 saturated carbocycles. The Labute approximate surface area is 239 Å². The second-order valence-corrected chi connectivity index (χ2v) is 12.7. The summed E-state index contributed by atoms with van der Waals surface area (Å²) in [5, 5.41) is 0. The molecule has 3 aromatic rings. The van der Waals surface area contributed by atoms with Gasteiger partial charge in [-0.2, -0.15) is 15.0 Å². The highest BCUT2D eigenvalue weighted by atomic mass is 32.2. The molecule has 41 heavy (non-hydrogen) atoms. The Hall–Kier alpha value is -3.01. The van der Waals surface area contributed by atoms with Crippen LogP contribution in [0.4, 0.5) is 20.7 Å². The van der Waals surface area contributed by atoms with Gasteiger partial charge in [-0.05, 0) is 52.0 Å². The van der Waals surface area contributed by atoms with Gasteiger partial charge in [-0.3, -0.25) is 4.57 Å². The number of ether oxygens (including phenoxy) is 1. The van der Waals surface area contributed by atoms with Crippen molar-refractivity contribution in [2.45, 2.75) is 31.7 Å². The second kappa shape index (κ2) is 12.5. The van der Waals surface area contributed by atoms with Gasteiger partial charge in [0, 0.05) is 38.8 Å². The van der Waals surface area contributed by atoms with Gasteiger partial charge >= 0.3 is 0 Å². The van der Waals surface area contributed by atoms with Gasteiger partial charge in [-0.25, -0.2) is 26.5 Å². The number of sulfonamides is 1. The summed E-state index contributed by atoms with van der Waals surface area (Å²) in [5.41, 5.74) is 0.905. The number of para-hydroxylation sites is 2. The Kier molecular flexibility index (Phi) is 8.97. The lowest BCUT2D eigenvalue weighted by Gasteiger charge is -2.38. The Balaban J connectivity index is 1.60. The third-order valence-corrected chi connectivity index (χ3v) is 8.77. The molecule has 2 aliphatic rings. The largest absolute Gasteiger partial charge is 0.378 e. The molecule has 0 bridgehead atoms. The first kappa shape index (κ1) is 29.5. The van der Waals surface area contributed by atoms with Gasteiger partial charge in [0.25, 0.3) is 6.43 Å². The first-order chi connectivity index (χ1) is 19.6. The Bertz CT molecular complexity index is 1440. The van der Waals surface area contributed by atoms with Crippen molar-refractivity contribution in [3.05, 3.63) is 30.1 Å². The van der Waals surface area contributed by atoms with Crippen LogP contribution in [0, 0.1) is 0 Å². The van der Waals surface area contributed by atoms with Crippen molar-refractivity contribution in [3.63, 3.8) is 0 Å². The minimum Gasteiger partial charge on any atom is -0.378 e. The van der Waals surface area contributed by atoms with E-state index in [-0.39, 0.29) is 12.0 Å². The molecule has 2 aliphatic heterocycles. The van der Waals surface area contributed by atoms with Gasteiger partial charge in [0.1, 0.15) is 0 Å². The van der Waals surface area contributed by atoms with Crippen molar-refractivity contribution in [1.29, 1.82) is 0 Å². The number of hydrogen-bond donors (Lipinski definition) is 0. The van der Waals surface area contributed by atoms with Gasteiger partial charge in [0.15, 0.2) is 5.82 Å². The van der Waals surface area contributed by atoms with Crippen LogP contribution in [-0.2, 0) is 14.8 Å². The van der Waals surface area contributed by atoms with Crippen molar-refractivity contribution >= 4 is 33.0 Å². The molecule has 0 atom stereocenters. The minimum atomic E-state index is -3.29. The lowest BCUT2D eigenvalue weighted by molar-refractivity contribution is 0.122. The van der Waals surface area contributed by atoms with Gasteiger partial charge in [0.05, 0.1) is 30.5 Å². The molecule has 4 heterocycles. The molecule has 0 spiro atoms. The van der Waals surface area contributed by atoms with E-state index in [0.717, 1.165) is 13.0 Å². The summed E-state index contributed by atoms with van der Waals surface area (Å²) >= 11 is 0. The first-order valence-corrected chi connectivity index (χ1v) is 15.7. The summed E-state index contributed by atoms with van der Waals surface area (Å²) in [6.45, 7) is 4.35. The molecule has 2 aromatic heterocycles. The van der Waals surface area contributed by atoms with E-state index < -0.39 is 22.3 Å². The maximum atomic E-state index is 14.3. The Morgan fingerprint density at radius 2 is 1.66 bits per heavy atom. The van der Waals surface area contributed by atoms with Gasteiger partial charge in [-0.15, -0.1) is 0 Å². The summed E-state index contributed by atoms with van der Waals surface area (Å²) in [5.74, 6) is 0.409. The Morgan fingerprint density at radius 3 is 2.32 bits per heavy atom. The zero-order valence-electron chi connectivity index (χ0n) is 23.7. The molecule has 1 aromatic carbocycles. The molecular formula is C26H37F2N9O3S. The quantitative estimate of drug-likeness (QED) is 0.347. The molecule has 0 unspecified atom stereocenters. The smallest absolute Gasteiger partial charge is 0.296 e. The molecule has 0 N–H and O–H groups in total. The predicted molar refractivity (Wildman–Crippen MR) is 152 cm³/mol. The van der Waals surface area contributed by atoms with Gasteiger partial charge in [0.2, 0.25) is 27.9 Å². The highest BCUT2D eigenvalue weighted by molar-refractivity contribution is 7.88. The lowest BCUT2D eigenvalue weighted by Crippen LogP contribution is -2.48. The van der Waals surface area contributed by atoms with E-state index in [2.05, 4.69) is 19.8 Å². The number of nitrogens with zero attached hydrogens (tertiary/aromatic N) is 9. The number of rotatable bonds is 10. The molecular weight excluding hydrogens is 556 g/mol. The number of piperidine rings is 1. The molecule has 0 radical (unpaired) electrons. The molecule has 12 nitrogen and oxygen atoms in total. The minimum absolute atomic E-state index is 0.0305. The standard InChI is InChI=1S/C26H37F2N9O3S/c1-33(2)11-6-12-36(19-9-13-35(14-10-19)41(3,38)39)25-30-24(34-15-17-40-18-16-34)31-26(32-25)37-21-8-5-4-7-20(21)29-23(37)22(27)28/h4-5,7-8,19,22H,6,9-18H2,1-3H3. The summed E-state index contributed by atoms with van der Waals surface area (Å²) in [7, 11) is 0.713. The van der Waals surface area contributed by atoms with Crippen LogP contribution in [-0.4, -0.2) is 121 Å². The van der Waals surface area contributed by atoms with Crippen molar-refractivity contribution in [3.8, 4) is 5.95 Å². The van der Waals surface area contributed by atoms with Crippen molar-refractivity contribution in [2.75, 3.05) is 82.6 Å². The number of imidazole rings is 1.